The Kier molecular flexibility index (Phi) is 2.91. The van der Waals surface area contributed by atoms with Gasteiger partial charge in [-0.3, -0.25) is 10.1 Å². The molecular weight excluding hydrogens is 302 g/mol. The number of fused-ring (bicyclic) bond motifs is 1. The number of non-ortho nitro benzene ring substituents is 1. The van der Waals surface area contributed by atoms with Crippen LogP contribution in [0.25, 0.3) is 11.0 Å². The van der Waals surface area contributed by atoms with Crippen molar-refractivity contribution in [2.75, 3.05) is 11.5 Å². The number of nitrogens with one attached hydrogen (secondary N) is 1. The number of aromatic nitrogens is 2. The summed E-state index contributed by atoms with van der Waals surface area (Å²) in [7, 11) is -3.05. The first-order chi connectivity index (χ1) is 9.37. The molecule has 2 aromatic rings. The molecule has 0 aliphatic carbocycles. The van der Waals surface area contributed by atoms with Gasteiger partial charge < -0.3 is 9.55 Å². The Morgan fingerprint density at radius 2 is 2.20 bits per heavy atom. The summed E-state index contributed by atoms with van der Waals surface area (Å²) in [6, 6.07) is 4.14. The number of H-pyrrole nitrogens is 1. The fourth-order valence-corrected chi connectivity index (χ4v) is 4.62. The standard InChI is InChI=1S/C11H11N3O4S2/c15-14(16)7-1-2-9-10(5-7)13(11(19)12-9)8-3-4-20(17,18)6-8/h1-2,5,8H,3-4,6H2,(H,12,19)/t8-/m1/s1. The number of sulfone groups is 1. The molecule has 0 amide bonds. The fraction of sp³-hybridized carbons (Fsp3) is 0.364. The van der Waals surface area contributed by atoms with Crippen molar-refractivity contribution in [2.24, 2.45) is 0 Å². The second-order valence-corrected chi connectivity index (χ2v) is 7.43. The second kappa shape index (κ2) is 4.38. The molecule has 0 spiro atoms. The summed E-state index contributed by atoms with van der Waals surface area (Å²) in [6.45, 7) is 0. The summed E-state index contributed by atoms with van der Waals surface area (Å²) in [5, 5.41) is 10.9. The molecule has 106 valence electrons. The number of benzene rings is 1. The molecule has 0 saturated carbocycles. The minimum Gasteiger partial charge on any atom is -0.331 e. The zero-order valence-electron chi connectivity index (χ0n) is 10.3. The minimum absolute atomic E-state index is 0.0248. The molecule has 1 saturated heterocycles. The lowest BCUT2D eigenvalue weighted by atomic mass is 10.2. The zero-order chi connectivity index (χ0) is 14.5. The molecular formula is C11H11N3O4S2. The number of aromatic amines is 1. The van der Waals surface area contributed by atoms with Crippen molar-refractivity contribution in [3.05, 3.63) is 33.1 Å². The van der Waals surface area contributed by atoms with Gasteiger partial charge in [-0.15, -0.1) is 0 Å². The molecule has 1 aromatic carbocycles. The first-order valence-corrected chi connectivity index (χ1v) is 8.19. The molecule has 1 aliphatic heterocycles. The van der Waals surface area contributed by atoms with Gasteiger partial charge in [0.05, 0.1) is 33.5 Å². The summed E-state index contributed by atoms with van der Waals surface area (Å²) in [6.07, 6.45) is 0.478. The van der Waals surface area contributed by atoms with Gasteiger partial charge in [0.15, 0.2) is 14.6 Å². The SMILES string of the molecule is O=[N+]([O-])c1ccc2[nH]c(=S)n([C@@H]3CCS(=O)(=O)C3)c2c1. The van der Waals surface area contributed by atoms with Crippen LogP contribution in [0.4, 0.5) is 5.69 Å². The molecule has 1 aliphatic rings. The van der Waals surface area contributed by atoms with Crippen LogP contribution >= 0.6 is 12.2 Å². The maximum absolute atomic E-state index is 11.6. The highest BCUT2D eigenvalue weighted by molar-refractivity contribution is 7.91. The third-order valence-corrected chi connectivity index (χ3v) is 5.53. The highest BCUT2D eigenvalue weighted by Crippen LogP contribution is 2.29. The molecule has 7 nitrogen and oxygen atoms in total. The average molecular weight is 313 g/mol. The molecule has 1 atom stereocenters. The van der Waals surface area contributed by atoms with E-state index in [1.807, 2.05) is 0 Å². The number of rotatable bonds is 2. The normalized spacial score (nSPS) is 21.3. The van der Waals surface area contributed by atoms with Crippen LogP contribution in [0.2, 0.25) is 0 Å². The van der Waals surface area contributed by atoms with E-state index in [9.17, 15) is 18.5 Å². The van der Waals surface area contributed by atoms with Crippen LogP contribution in [0.15, 0.2) is 18.2 Å². The molecule has 1 N–H and O–H groups in total. The van der Waals surface area contributed by atoms with E-state index in [0.29, 0.717) is 22.2 Å². The number of hydrogen-bond acceptors (Lipinski definition) is 5. The van der Waals surface area contributed by atoms with E-state index in [0.717, 1.165) is 0 Å². The van der Waals surface area contributed by atoms with Crippen molar-refractivity contribution < 1.29 is 13.3 Å². The predicted octanol–water partition coefficient (Wildman–Crippen LogP) is 1.97. The quantitative estimate of drug-likeness (QED) is 0.519. The Bertz CT molecular complexity index is 865. The van der Waals surface area contributed by atoms with Crippen molar-refractivity contribution in [2.45, 2.75) is 12.5 Å². The number of nitro benzene ring substituents is 1. The Morgan fingerprint density at radius 1 is 1.45 bits per heavy atom. The minimum atomic E-state index is -3.05. The number of nitro groups is 1. The summed E-state index contributed by atoms with van der Waals surface area (Å²) < 4.78 is 25.3. The van der Waals surface area contributed by atoms with E-state index in [1.165, 1.54) is 12.1 Å². The lowest BCUT2D eigenvalue weighted by molar-refractivity contribution is -0.384. The Hall–Kier alpha value is -1.74. The van der Waals surface area contributed by atoms with Gasteiger partial charge in [-0.25, -0.2) is 8.42 Å². The first kappa shape index (κ1) is 13.3. The maximum Gasteiger partial charge on any atom is 0.271 e. The summed E-state index contributed by atoms with van der Waals surface area (Å²) in [4.78, 5) is 13.3. The molecule has 3 rings (SSSR count). The topological polar surface area (TPSA) is 98.0 Å². The van der Waals surface area contributed by atoms with E-state index in [1.54, 1.807) is 10.6 Å². The van der Waals surface area contributed by atoms with Crippen LogP contribution < -0.4 is 0 Å². The van der Waals surface area contributed by atoms with Crippen LogP contribution in [-0.4, -0.2) is 34.4 Å². The van der Waals surface area contributed by atoms with E-state index in [-0.39, 0.29) is 23.2 Å². The van der Waals surface area contributed by atoms with E-state index < -0.39 is 14.8 Å². The predicted molar refractivity (Wildman–Crippen MR) is 76.1 cm³/mol. The van der Waals surface area contributed by atoms with Gasteiger partial charge in [-0.1, -0.05) is 0 Å². The van der Waals surface area contributed by atoms with Crippen LogP contribution in [0.3, 0.4) is 0 Å². The first-order valence-electron chi connectivity index (χ1n) is 5.96. The second-order valence-electron chi connectivity index (χ2n) is 4.82. The lowest BCUT2D eigenvalue weighted by Crippen LogP contribution is -2.11. The molecule has 0 unspecified atom stereocenters. The van der Waals surface area contributed by atoms with Crippen LogP contribution in [0.1, 0.15) is 12.5 Å². The average Bonchev–Trinajstić information content (AvgIpc) is 2.86. The van der Waals surface area contributed by atoms with Gasteiger partial charge in [0.1, 0.15) is 0 Å². The van der Waals surface area contributed by atoms with Gasteiger partial charge >= 0.3 is 0 Å². The van der Waals surface area contributed by atoms with Crippen LogP contribution in [0, 0.1) is 14.9 Å². The largest absolute Gasteiger partial charge is 0.331 e. The van der Waals surface area contributed by atoms with E-state index in [2.05, 4.69) is 4.98 Å². The smallest absolute Gasteiger partial charge is 0.271 e. The van der Waals surface area contributed by atoms with E-state index >= 15 is 0 Å². The third kappa shape index (κ3) is 2.12. The molecule has 0 radical (unpaired) electrons. The highest BCUT2D eigenvalue weighted by atomic mass is 32.2. The third-order valence-electron chi connectivity index (χ3n) is 3.49. The Balaban J connectivity index is 2.19. The van der Waals surface area contributed by atoms with Crippen LogP contribution in [-0.2, 0) is 9.84 Å². The van der Waals surface area contributed by atoms with Crippen molar-refractivity contribution in [1.29, 1.82) is 0 Å². The zero-order valence-corrected chi connectivity index (χ0v) is 11.9. The van der Waals surface area contributed by atoms with Crippen molar-refractivity contribution in [1.82, 2.24) is 9.55 Å². The highest BCUT2D eigenvalue weighted by Gasteiger charge is 2.30. The summed E-state index contributed by atoms with van der Waals surface area (Å²) in [5.74, 6) is 0.151. The van der Waals surface area contributed by atoms with Gasteiger partial charge in [0.2, 0.25) is 0 Å². The Labute approximate surface area is 119 Å². The number of nitrogens with zero attached hydrogens (tertiary/aromatic N) is 2. The number of hydrogen-bond donors (Lipinski definition) is 1. The molecule has 1 aromatic heterocycles. The van der Waals surface area contributed by atoms with Crippen LogP contribution in [0.5, 0.6) is 0 Å². The molecule has 0 bridgehead atoms. The fourth-order valence-electron chi connectivity index (χ4n) is 2.56. The molecule has 20 heavy (non-hydrogen) atoms. The molecule has 9 heteroatoms. The monoisotopic (exact) mass is 313 g/mol. The van der Waals surface area contributed by atoms with Gasteiger partial charge in [-0.2, -0.15) is 0 Å². The summed E-state index contributed by atoms with van der Waals surface area (Å²) in [5.41, 5.74) is 1.21. The van der Waals surface area contributed by atoms with Crippen molar-refractivity contribution in [3.63, 3.8) is 0 Å². The molecule has 1 fully saturated rings. The summed E-state index contributed by atoms with van der Waals surface area (Å²) >= 11 is 5.22. The Morgan fingerprint density at radius 3 is 2.80 bits per heavy atom. The van der Waals surface area contributed by atoms with Crippen molar-refractivity contribution >= 4 is 38.8 Å². The van der Waals surface area contributed by atoms with Crippen molar-refractivity contribution in [3.8, 4) is 0 Å². The van der Waals surface area contributed by atoms with Gasteiger partial charge in [-0.05, 0) is 24.7 Å². The lowest BCUT2D eigenvalue weighted by Gasteiger charge is -2.10. The maximum atomic E-state index is 11.6. The van der Waals surface area contributed by atoms with Gasteiger partial charge in [0.25, 0.3) is 5.69 Å². The van der Waals surface area contributed by atoms with Gasteiger partial charge in [0, 0.05) is 12.1 Å². The van der Waals surface area contributed by atoms with E-state index in [4.69, 9.17) is 12.2 Å². The molecule has 2 heterocycles. The number of imidazole rings is 1.